The standard InChI is InChI=1S/C25H17NO6/c1-31-18-11-10-17-19-21(15-8-3-4-9-16(15)22(19)27)26(24(28)20(17)23(18)32-2)14-7-5-6-13(12-14)25(29)30/h3-12H,1-2H3,(H,29,30). The number of aromatic nitrogens is 1. The fourth-order valence-electron chi connectivity index (χ4n) is 4.33. The first-order valence-electron chi connectivity index (χ1n) is 9.79. The van der Waals surface area contributed by atoms with Gasteiger partial charge in [-0.25, -0.2) is 4.79 Å². The van der Waals surface area contributed by atoms with E-state index in [-0.39, 0.29) is 22.5 Å². The second-order valence-corrected chi connectivity index (χ2v) is 7.32. The SMILES string of the molecule is COc1ccc2c3c(n(-c4cccc(C(=O)O)c4)c(=O)c2c1OC)-c1ccccc1C3=O. The number of carbonyl (C=O) groups is 2. The molecule has 0 atom stereocenters. The molecule has 0 saturated carbocycles. The third kappa shape index (κ3) is 2.58. The van der Waals surface area contributed by atoms with Crippen molar-refractivity contribution in [3.8, 4) is 28.4 Å². The predicted molar refractivity (Wildman–Crippen MR) is 118 cm³/mol. The lowest BCUT2D eigenvalue weighted by Crippen LogP contribution is -2.22. The Hall–Kier alpha value is -4.39. The van der Waals surface area contributed by atoms with Crippen LogP contribution < -0.4 is 15.0 Å². The van der Waals surface area contributed by atoms with Crippen LogP contribution in [-0.2, 0) is 0 Å². The summed E-state index contributed by atoms with van der Waals surface area (Å²) in [5.41, 5.74) is 1.80. The quantitative estimate of drug-likeness (QED) is 0.467. The Morgan fingerprint density at radius 3 is 2.34 bits per heavy atom. The van der Waals surface area contributed by atoms with E-state index < -0.39 is 11.5 Å². The third-order valence-electron chi connectivity index (χ3n) is 5.70. The van der Waals surface area contributed by atoms with Crippen molar-refractivity contribution in [3.63, 3.8) is 0 Å². The summed E-state index contributed by atoms with van der Waals surface area (Å²) in [5, 5.41) is 10.1. The number of pyridine rings is 1. The highest BCUT2D eigenvalue weighted by atomic mass is 16.5. The molecule has 1 heterocycles. The molecule has 7 heteroatoms. The summed E-state index contributed by atoms with van der Waals surface area (Å²) in [5.74, 6) is -0.764. The maximum Gasteiger partial charge on any atom is 0.335 e. The second kappa shape index (κ2) is 7.09. The Bertz CT molecular complexity index is 1520. The minimum absolute atomic E-state index is 0.0264. The summed E-state index contributed by atoms with van der Waals surface area (Å²) in [6.45, 7) is 0. The molecule has 0 spiro atoms. The maximum atomic E-state index is 13.9. The first kappa shape index (κ1) is 19.6. The van der Waals surface area contributed by atoms with Gasteiger partial charge in [-0.3, -0.25) is 14.2 Å². The smallest absolute Gasteiger partial charge is 0.335 e. The second-order valence-electron chi connectivity index (χ2n) is 7.32. The van der Waals surface area contributed by atoms with Crippen LogP contribution in [0.1, 0.15) is 26.3 Å². The zero-order valence-corrected chi connectivity index (χ0v) is 17.2. The zero-order valence-electron chi connectivity index (χ0n) is 17.2. The molecule has 1 aliphatic rings. The van der Waals surface area contributed by atoms with Gasteiger partial charge in [0.15, 0.2) is 17.3 Å². The molecule has 3 aromatic carbocycles. The fourth-order valence-corrected chi connectivity index (χ4v) is 4.33. The molecule has 5 rings (SSSR count). The lowest BCUT2D eigenvalue weighted by atomic mass is 10.0. The number of nitrogens with zero attached hydrogens (tertiary/aromatic N) is 1. The topological polar surface area (TPSA) is 94.8 Å². The number of rotatable bonds is 4. The highest BCUT2D eigenvalue weighted by Gasteiger charge is 2.34. The van der Waals surface area contributed by atoms with E-state index in [1.807, 2.05) is 0 Å². The van der Waals surface area contributed by atoms with Crippen LogP contribution in [0.4, 0.5) is 0 Å². The van der Waals surface area contributed by atoms with Crippen molar-refractivity contribution >= 4 is 22.5 Å². The maximum absolute atomic E-state index is 13.9. The van der Waals surface area contributed by atoms with Crippen molar-refractivity contribution in [3.05, 3.63) is 87.7 Å². The van der Waals surface area contributed by atoms with E-state index in [0.717, 1.165) is 0 Å². The van der Waals surface area contributed by atoms with Crippen molar-refractivity contribution in [2.24, 2.45) is 0 Å². The van der Waals surface area contributed by atoms with Gasteiger partial charge in [-0.2, -0.15) is 0 Å². The number of carbonyl (C=O) groups excluding carboxylic acids is 1. The molecule has 0 radical (unpaired) electrons. The Balaban J connectivity index is 2.02. The molecule has 7 nitrogen and oxygen atoms in total. The Morgan fingerprint density at radius 1 is 0.906 bits per heavy atom. The predicted octanol–water partition coefficient (Wildman–Crippen LogP) is 3.92. The number of ether oxygens (including phenoxy) is 2. The molecule has 0 amide bonds. The van der Waals surface area contributed by atoms with E-state index in [1.165, 1.54) is 30.9 Å². The van der Waals surface area contributed by atoms with Crippen LogP contribution >= 0.6 is 0 Å². The summed E-state index contributed by atoms with van der Waals surface area (Å²) in [6.07, 6.45) is 0. The van der Waals surface area contributed by atoms with E-state index in [4.69, 9.17) is 9.47 Å². The average Bonchev–Trinajstić information content (AvgIpc) is 3.11. The van der Waals surface area contributed by atoms with Crippen LogP contribution in [0.15, 0.2) is 65.5 Å². The van der Waals surface area contributed by atoms with Gasteiger partial charge in [0, 0.05) is 16.5 Å². The summed E-state index contributed by atoms with van der Waals surface area (Å²) in [4.78, 5) is 38.9. The number of carboxylic acids is 1. The van der Waals surface area contributed by atoms with Gasteiger partial charge in [0.25, 0.3) is 5.56 Å². The van der Waals surface area contributed by atoms with E-state index in [1.54, 1.807) is 48.5 Å². The molecule has 0 fully saturated rings. The molecular formula is C25H17NO6. The van der Waals surface area contributed by atoms with E-state index in [9.17, 15) is 19.5 Å². The van der Waals surface area contributed by atoms with Gasteiger partial charge >= 0.3 is 5.97 Å². The van der Waals surface area contributed by atoms with Crippen LogP contribution in [0.5, 0.6) is 11.5 Å². The average molecular weight is 427 g/mol. The Labute approximate surface area is 182 Å². The minimum Gasteiger partial charge on any atom is -0.493 e. The van der Waals surface area contributed by atoms with E-state index in [0.29, 0.717) is 39.2 Å². The summed E-state index contributed by atoms with van der Waals surface area (Å²) >= 11 is 0. The van der Waals surface area contributed by atoms with Crippen molar-refractivity contribution in [2.75, 3.05) is 14.2 Å². The van der Waals surface area contributed by atoms with E-state index in [2.05, 4.69) is 0 Å². The number of aromatic carboxylic acids is 1. The van der Waals surface area contributed by atoms with Crippen molar-refractivity contribution in [1.82, 2.24) is 4.57 Å². The molecule has 158 valence electrons. The van der Waals surface area contributed by atoms with Crippen LogP contribution in [0, 0.1) is 0 Å². The van der Waals surface area contributed by atoms with Gasteiger partial charge < -0.3 is 14.6 Å². The van der Waals surface area contributed by atoms with Crippen molar-refractivity contribution in [2.45, 2.75) is 0 Å². The Morgan fingerprint density at radius 2 is 1.66 bits per heavy atom. The summed E-state index contributed by atoms with van der Waals surface area (Å²) in [7, 11) is 2.89. The molecule has 0 aliphatic heterocycles. The third-order valence-corrected chi connectivity index (χ3v) is 5.70. The highest BCUT2D eigenvalue weighted by molar-refractivity contribution is 6.27. The molecule has 0 unspecified atom stereocenters. The molecule has 4 aromatic rings. The fraction of sp³-hybridized carbons (Fsp3) is 0.0800. The van der Waals surface area contributed by atoms with Gasteiger partial charge in [-0.15, -0.1) is 0 Å². The van der Waals surface area contributed by atoms with Crippen LogP contribution in [0.2, 0.25) is 0 Å². The normalized spacial score (nSPS) is 11.9. The van der Waals surface area contributed by atoms with Crippen molar-refractivity contribution < 1.29 is 24.2 Å². The number of carboxylic acid groups (broad SMARTS) is 1. The van der Waals surface area contributed by atoms with Gasteiger partial charge in [0.1, 0.15) is 0 Å². The lowest BCUT2D eigenvalue weighted by molar-refractivity contribution is 0.0696. The number of fused-ring (bicyclic) bond motifs is 5. The number of methoxy groups -OCH3 is 2. The first-order chi connectivity index (χ1) is 15.5. The van der Waals surface area contributed by atoms with E-state index >= 15 is 0 Å². The van der Waals surface area contributed by atoms with Gasteiger partial charge in [0.05, 0.1) is 42.1 Å². The summed E-state index contributed by atoms with van der Waals surface area (Å²) in [6, 6.07) is 16.4. The van der Waals surface area contributed by atoms with Gasteiger partial charge in [-0.05, 0) is 30.3 Å². The number of ketones is 1. The summed E-state index contributed by atoms with van der Waals surface area (Å²) < 4.78 is 12.3. The van der Waals surface area contributed by atoms with Crippen LogP contribution in [0.3, 0.4) is 0 Å². The molecule has 32 heavy (non-hydrogen) atoms. The van der Waals surface area contributed by atoms with Crippen LogP contribution in [-0.4, -0.2) is 35.6 Å². The molecule has 1 aromatic heterocycles. The molecule has 1 aliphatic carbocycles. The molecule has 0 bridgehead atoms. The van der Waals surface area contributed by atoms with Gasteiger partial charge in [0.2, 0.25) is 0 Å². The zero-order chi connectivity index (χ0) is 22.6. The lowest BCUT2D eigenvalue weighted by Gasteiger charge is -2.18. The minimum atomic E-state index is -1.12. The van der Waals surface area contributed by atoms with Crippen LogP contribution in [0.25, 0.3) is 27.7 Å². The number of hydrogen-bond donors (Lipinski definition) is 1. The van der Waals surface area contributed by atoms with Crippen molar-refractivity contribution in [1.29, 1.82) is 0 Å². The molecule has 1 N–H and O–H groups in total. The largest absolute Gasteiger partial charge is 0.493 e. The number of benzene rings is 3. The molecular weight excluding hydrogens is 410 g/mol. The monoisotopic (exact) mass is 427 g/mol. The first-order valence-corrected chi connectivity index (χ1v) is 9.79. The number of hydrogen-bond acceptors (Lipinski definition) is 5. The Kier molecular flexibility index (Phi) is 4.34. The molecule has 0 saturated heterocycles. The van der Waals surface area contributed by atoms with Gasteiger partial charge in [-0.1, -0.05) is 30.3 Å². The highest BCUT2D eigenvalue weighted by Crippen LogP contribution is 2.43.